The first-order valence-electron chi connectivity index (χ1n) is 6.36. The molecule has 0 saturated carbocycles. The van der Waals surface area contributed by atoms with Crippen molar-refractivity contribution < 1.29 is 4.79 Å². The summed E-state index contributed by atoms with van der Waals surface area (Å²) in [6.07, 6.45) is 6.21. The number of H-pyrrole nitrogens is 1. The lowest BCUT2D eigenvalue weighted by molar-refractivity contribution is 0.101. The van der Waals surface area contributed by atoms with E-state index in [1.807, 2.05) is 30.3 Å². The Morgan fingerprint density at radius 1 is 1.42 bits per heavy atom. The molecule has 2 N–H and O–H groups in total. The van der Waals surface area contributed by atoms with Crippen LogP contribution >= 0.6 is 0 Å². The Kier molecular flexibility index (Phi) is 2.91. The fourth-order valence-corrected chi connectivity index (χ4v) is 2.19. The van der Waals surface area contributed by atoms with Crippen LogP contribution < -0.4 is 5.32 Å². The lowest BCUT2D eigenvalue weighted by Gasteiger charge is -2.04. The number of Topliss-reactive ketones (excluding diaryl/α,β-unsaturated/α-hetero) is 1. The fraction of sp³-hybridized carbons (Fsp3) is 0.200. The van der Waals surface area contributed by atoms with Gasteiger partial charge >= 0.3 is 0 Å². The van der Waals surface area contributed by atoms with Crippen LogP contribution in [-0.4, -0.2) is 15.8 Å². The van der Waals surface area contributed by atoms with Gasteiger partial charge in [-0.3, -0.25) is 4.79 Å². The smallest absolute Gasteiger partial charge is 0.205 e. The second-order valence-corrected chi connectivity index (χ2v) is 4.65. The van der Waals surface area contributed by atoms with Crippen LogP contribution in [-0.2, 0) is 6.42 Å². The number of aromatic amines is 1. The highest BCUT2D eigenvalue weighted by atomic mass is 16.1. The standard InChI is InChI=1S/C15H15N3O/c1-10(19)11-5-4-6-12(9-11)16-15-17-13-7-2-3-8-14(13)18-15/h2,4-7,9H,3,8H2,1H3,(H2,16,17,18). The van der Waals surface area contributed by atoms with Crippen molar-refractivity contribution in [1.29, 1.82) is 0 Å². The van der Waals surface area contributed by atoms with Crippen molar-refractivity contribution in [2.24, 2.45) is 0 Å². The molecule has 19 heavy (non-hydrogen) atoms. The number of imidazole rings is 1. The molecule has 1 aromatic carbocycles. The second kappa shape index (κ2) is 4.72. The zero-order chi connectivity index (χ0) is 13.2. The number of aryl methyl sites for hydroxylation is 1. The zero-order valence-corrected chi connectivity index (χ0v) is 10.7. The molecule has 0 unspecified atom stereocenters. The number of carbonyl (C=O) groups is 1. The lowest BCUT2D eigenvalue weighted by Crippen LogP contribution is -1.96. The van der Waals surface area contributed by atoms with Gasteiger partial charge in [-0.2, -0.15) is 0 Å². The minimum absolute atomic E-state index is 0.0605. The number of hydrogen-bond donors (Lipinski definition) is 2. The maximum atomic E-state index is 11.3. The van der Waals surface area contributed by atoms with Crippen LogP contribution in [0.25, 0.3) is 6.08 Å². The maximum absolute atomic E-state index is 11.3. The SMILES string of the molecule is CC(=O)c1cccc(Nc2nc3c([nH]2)CCC=C3)c1. The first kappa shape index (κ1) is 11.7. The molecule has 0 saturated heterocycles. The summed E-state index contributed by atoms with van der Waals surface area (Å²) >= 11 is 0. The highest BCUT2D eigenvalue weighted by Gasteiger charge is 2.10. The normalized spacial score (nSPS) is 13.1. The average molecular weight is 253 g/mol. The molecular weight excluding hydrogens is 238 g/mol. The van der Waals surface area contributed by atoms with Gasteiger partial charge < -0.3 is 10.3 Å². The summed E-state index contributed by atoms with van der Waals surface area (Å²) in [6, 6.07) is 7.43. The van der Waals surface area contributed by atoms with Crippen LogP contribution in [0.4, 0.5) is 11.6 Å². The van der Waals surface area contributed by atoms with Gasteiger partial charge in [0, 0.05) is 16.9 Å². The molecule has 4 nitrogen and oxygen atoms in total. The molecule has 0 radical (unpaired) electrons. The third-order valence-corrected chi connectivity index (χ3v) is 3.18. The van der Waals surface area contributed by atoms with Crippen molar-refractivity contribution in [2.45, 2.75) is 19.8 Å². The summed E-state index contributed by atoms with van der Waals surface area (Å²) in [6.45, 7) is 1.56. The molecule has 1 heterocycles. The van der Waals surface area contributed by atoms with E-state index in [2.05, 4.69) is 21.4 Å². The summed E-state index contributed by atoms with van der Waals surface area (Å²) in [7, 11) is 0. The fourth-order valence-electron chi connectivity index (χ4n) is 2.19. The van der Waals surface area contributed by atoms with Crippen LogP contribution in [0.2, 0.25) is 0 Å². The highest BCUT2D eigenvalue weighted by Crippen LogP contribution is 2.21. The van der Waals surface area contributed by atoms with Crippen molar-refractivity contribution >= 4 is 23.5 Å². The molecule has 3 rings (SSSR count). The molecule has 1 aliphatic carbocycles. The summed E-state index contributed by atoms with van der Waals surface area (Å²) in [4.78, 5) is 19.1. The third-order valence-electron chi connectivity index (χ3n) is 3.18. The number of hydrogen-bond acceptors (Lipinski definition) is 3. The predicted octanol–water partition coefficient (Wildman–Crippen LogP) is 3.32. The monoisotopic (exact) mass is 253 g/mol. The van der Waals surface area contributed by atoms with Gasteiger partial charge in [0.1, 0.15) is 0 Å². The van der Waals surface area contributed by atoms with Crippen LogP contribution in [0, 0.1) is 0 Å². The Morgan fingerprint density at radius 3 is 3.11 bits per heavy atom. The molecule has 96 valence electrons. The van der Waals surface area contributed by atoms with E-state index in [-0.39, 0.29) is 5.78 Å². The number of allylic oxidation sites excluding steroid dienone is 1. The average Bonchev–Trinajstić information content (AvgIpc) is 2.81. The predicted molar refractivity (Wildman–Crippen MR) is 75.7 cm³/mol. The Balaban J connectivity index is 1.85. The van der Waals surface area contributed by atoms with E-state index >= 15 is 0 Å². The van der Waals surface area contributed by atoms with Crippen molar-refractivity contribution in [3.8, 4) is 0 Å². The summed E-state index contributed by atoms with van der Waals surface area (Å²) in [5.74, 6) is 0.780. The number of carbonyl (C=O) groups excluding carboxylic acids is 1. The summed E-state index contributed by atoms with van der Waals surface area (Å²) in [5.41, 5.74) is 3.72. The van der Waals surface area contributed by atoms with Crippen LogP contribution in [0.1, 0.15) is 35.1 Å². The van der Waals surface area contributed by atoms with Crippen molar-refractivity contribution in [2.75, 3.05) is 5.32 Å². The van der Waals surface area contributed by atoms with Gasteiger partial charge in [-0.25, -0.2) is 4.98 Å². The number of anilines is 2. The Hall–Kier alpha value is -2.36. The minimum Gasteiger partial charge on any atom is -0.327 e. The summed E-state index contributed by atoms with van der Waals surface area (Å²) < 4.78 is 0. The maximum Gasteiger partial charge on any atom is 0.205 e. The molecule has 4 heteroatoms. The molecule has 0 spiro atoms. The van der Waals surface area contributed by atoms with Gasteiger partial charge in [0.25, 0.3) is 0 Å². The Morgan fingerprint density at radius 2 is 2.32 bits per heavy atom. The zero-order valence-electron chi connectivity index (χ0n) is 10.7. The van der Waals surface area contributed by atoms with Crippen molar-refractivity contribution in [3.63, 3.8) is 0 Å². The summed E-state index contributed by atoms with van der Waals surface area (Å²) in [5, 5.41) is 3.20. The topological polar surface area (TPSA) is 57.8 Å². The van der Waals surface area contributed by atoms with Crippen LogP contribution in [0.3, 0.4) is 0 Å². The number of ketones is 1. The first-order valence-corrected chi connectivity index (χ1v) is 6.36. The van der Waals surface area contributed by atoms with E-state index in [1.54, 1.807) is 6.92 Å². The van der Waals surface area contributed by atoms with E-state index in [1.165, 1.54) is 0 Å². The molecule has 0 aliphatic heterocycles. The van der Waals surface area contributed by atoms with Crippen molar-refractivity contribution in [1.82, 2.24) is 9.97 Å². The quantitative estimate of drug-likeness (QED) is 0.825. The second-order valence-electron chi connectivity index (χ2n) is 4.65. The van der Waals surface area contributed by atoms with Crippen LogP contribution in [0.15, 0.2) is 30.3 Å². The van der Waals surface area contributed by atoms with Crippen LogP contribution in [0.5, 0.6) is 0 Å². The number of fused-ring (bicyclic) bond motifs is 1. The largest absolute Gasteiger partial charge is 0.327 e. The number of benzene rings is 1. The molecular formula is C15H15N3O. The Bertz CT molecular complexity index is 655. The van der Waals surface area contributed by atoms with Crippen molar-refractivity contribution in [3.05, 3.63) is 47.3 Å². The molecule has 1 aromatic heterocycles. The van der Waals surface area contributed by atoms with Gasteiger partial charge in [0.05, 0.1) is 5.69 Å². The van der Waals surface area contributed by atoms with E-state index < -0.39 is 0 Å². The number of nitrogens with one attached hydrogen (secondary N) is 2. The number of nitrogens with zero attached hydrogens (tertiary/aromatic N) is 1. The van der Waals surface area contributed by atoms with E-state index in [9.17, 15) is 4.79 Å². The third kappa shape index (κ3) is 2.42. The Labute approximate surface area is 111 Å². The lowest BCUT2D eigenvalue weighted by atomic mass is 10.1. The molecule has 0 atom stereocenters. The highest BCUT2D eigenvalue weighted by molar-refractivity contribution is 5.95. The molecule has 0 bridgehead atoms. The van der Waals surface area contributed by atoms with Gasteiger partial charge in [-0.1, -0.05) is 18.2 Å². The van der Waals surface area contributed by atoms with Gasteiger partial charge in [-0.05, 0) is 38.0 Å². The van der Waals surface area contributed by atoms with E-state index in [0.717, 1.165) is 35.9 Å². The minimum atomic E-state index is 0.0605. The molecule has 1 aliphatic rings. The number of aromatic nitrogens is 2. The molecule has 0 fully saturated rings. The van der Waals surface area contributed by atoms with Gasteiger partial charge in [-0.15, -0.1) is 0 Å². The molecule has 2 aromatic rings. The molecule has 0 amide bonds. The van der Waals surface area contributed by atoms with Gasteiger partial charge in [0.2, 0.25) is 5.95 Å². The van der Waals surface area contributed by atoms with Gasteiger partial charge in [0.15, 0.2) is 5.78 Å². The first-order chi connectivity index (χ1) is 9.22. The van der Waals surface area contributed by atoms with E-state index in [4.69, 9.17) is 0 Å². The van der Waals surface area contributed by atoms with E-state index in [0.29, 0.717) is 5.56 Å². The number of rotatable bonds is 3.